The van der Waals surface area contributed by atoms with E-state index in [0.29, 0.717) is 18.4 Å². The van der Waals surface area contributed by atoms with Gasteiger partial charge in [-0.3, -0.25) is 0 Å². The number of likely N-dealkylation sites (tertiary alicyclic amines) is 1. The molecule has 2 N–H and O–H groups in total. The van der Waals surface area contributed by atoms with Crippen molar-refractivity contribution in [3.8, 4) is 22.6 Å². The summed E-state index contributed by atoms with van der Waals surface area (Å²) in [6.07, 6.45) is 9.72. The Morgan fingerprint density at radius 1 is 1.00 bits per heavy atom. The molecule has 1 aliphatic heterocycles. The summed E-state index contributed by atoms with van der Waals surface area (Å²) < 4.78 is 0. The van der Waals surface area contributed by atoms with E-state index >= 15 is 0 Å². The molecule has 1 saturated heterocycles. The molecule has 0 unspecified atom stereocenters. The Bertz CT molecular complexity index is 980. The van der Waals surface area contributed by atoms with Crippen molar-refractivity contribution in [3.05, 3.63) is 54.7 Å². The molecule has 5 rings (SSSR count). The third kappa shape index (κ3) is 3.99. The maximum atomic E-state index is 12.4. The molecule has 2 amide bonds. The van der Waals surface area contributed by atoms with E-state index in [9.17, 15) is 4.79 Å². The molecule has 3 heterocycles. The number of aromatic nitrogens is 4. The quantitative estimate of drug-likeness (QED) is 0.715. The molecule has 2 aliphatic rings. The molecule has 29 heavy (non-hydrogen) atoms. The standard InChI is InChI=1S/C22H24N6O/c29-22(26-18-8-9-18)28-10-4-7-16(14-28)21-25-13-19(27-21)17-11-23-20(24-12-17)15-5-2-1-3-6-15/h1-3,5-6,11-13,16,18H,4,7-10,14H2,(H,25,27)(H,26,29)/t16-/m0/s1. The number of urea groups is 1. The molecule has 148 valence electrons. The van der Waals surface area contributed by atoms with Crippen molar-refractivity contribution in [1.82, 2.24) is 30.2 Å². The lowest BCUT2D eigenvalue weighted by Gasteiger charge is -2.31. The van der Waals surface area contributed by atoms with E-state index in [0.717, 1.165) is 54.9 Å². The third-order valence-corrected chi connectivity index (χ3v) is 5.59. The normalized spacial score (nSPS) is 19.2. The molecule has 3 aromatic rings. The smallest absolute Gasteiger partial charge is 0.317 e. The molecule has 7 nitrogen and oxygen atoms in total. The van der Waals surface area contributed by atoms with Crippen LogP contribution in [0.15, 0.2) is 48.9 Å². The first-order chi connectivity index (χ1) is 14.3. The fourth-order valence-corrected chi connectivity index (χ4v) is 3.77. The topological polar surface area (TPSA) is 86.8 Å². The van der Waals surface area contributed by atoms with Crippen molar-refractivity contribution in [2.24, 2.45) is 0 Å². The average molecular weight is 388 g/mol. The van der Waals surface area contributed by atoms with E-state index in [1.165, 1.54) is 0 Å². The lowest BCUT2D eigenvalue weighted by molar-refractivity contribution is 0.178. The highest BCUT2D eigenvalue weighted by molar-refractivity contribution is 5.75. The first-order valence-corrected chi connectivity index (χ1v) is 10.2. The number of hydrogen-bond donors (Lipinski definition) is 2. The van der Waals surface area contributed by atoms with Gasteiger partial charge in [0.2, 0.25) is 0 Å². The largest absolute Gasteiger partial charge is 0.342 e. The van der Waals surface area contributed by atoms with Crippen LogP contribution in [0.3, 0.4) is 0 Å². The summed E-state index contributed by atoms with van der Waals surface area (Å²) in [5.74, 6) is 1.86. The number of nitrogens with one attached hydrogen (secondary N) is 2. The van der Waals surface area contributed by atoms with Crippen LogP contribution in [0.2, 0.25) is 0 Å². The Labute approximate surface area is 169 Å². The Kier molecular flexibility index (Phi) is 4.71. The third-order valence-electron chi connectivity index (χ3n) is 5.59. The van der Waals surface area contributed by atoms with Gasteiger partial charge in [0.15, 0.2) is 5.82 Å². The minimum atomic E-state index is 0.0638. The van der Waals surface area contributed by atoms with E-state index in [2.05, 4.69) is 25.3 Å². The number of rotatable bonds is 4. The number of carbonyl (C=O) groups is 1. The van der Waals surface area contributed by atoms with Gasteiger partial charge in [0, 0.05) is 48.6 Å². The summed E-state index contributed by atoms with van der Waals surface area (Å²) in [4.78, 5) is 31.3. The van der Waals surface area contributed by atoms with Crippen molar-refractivity contribution >= 4 is 6.03 Å². The van der Waals surface area contributed by atoms with Crippen molar-refractivity contribution in [1.29, 1.82) is 0 Å². The van der Waals surface area contributed by atoms with E-state index in [4.69, 9.17) is 0 Å². The van der Waals surface area contributed by atoms with Crippen LogP contribution in [-0.4, -0.2) is 50.0 Å². The Morgan fingerprint density at radius 3 is 2.55 bits per heavy atom. The zero-order valence-corrected chi connectivity index (χ0v) is 16.2. The highest BCUT2D eigenvalue weighted by atomic mass is 16.2. The van der Waals surface area contributed by atoms with Gasteiger partial charge < -0.3 is 15.2 Å². The zero-order valence-electron chi connectivity index (χ0n) is 16.2. The number of amides is 2. The summed E-state index contributed by atoms with van der Waals surface area (Å²) >= 11 is 0. The van der Waals surface area contributed by atoms with E-state index in [1.54, 1.807) is 0 Å². The zero-order chi connectivity index (χ0) is 19.6. The van der Waals surface area contributed by atoms with E-state index in [-0.39, 0.29) is 11.9 Å². The first kappa shape index (κ1) is 17.8. The van der Waals surface area contributed by atoms with Crippen LogP contribution >= 0.6 is 0 Å². The van der Waals surface area contributed by atoms with Gasteiger partial charge in [0.05, 0.1) is 11.9 Å². The number of nitrogens with zero attached hydrogens (tertiary/aromatic N) is 4. The fraction of sp³-hybridized carbons (Fsp3) is 0.364. The van der Waals surface area contributed by atoms with Gasteiger partial charge in [-0.2, -0.15) is 0 Å². The first-order valence-electron chi connectivity index (χ1n) is 10.2. The molecule has 2 aromatic heterocycles. The van der Waals surface area contributed by atoms with Gasteiger partial charge in [-0.25, -0.2) is 19.7 Å². The van der Waals surface area contributed by atoms with Gasteiger partial charge in [0.1, 0.15) is 5.82 Å². The summed E-state index contributed by atoms with van der Waals surface area (Å²) in [5, 5.41) is 3.09. The Balaban J connectivity index is 1.28. The van der Waals surface area contributed by atoms with Gasteiger partial charge in [-0.15, -0.1) is 0 Å². The number of imidazole rings is 1. The molecule has 7 heteroatoms. The number of aromatic amines is 1. The van der Waals surface area contributed by atoms with Crippen molar-refractivity contribution in [2.45, 2.75) is 37.6 Å². The summed E-state index contributed by atoms with van der Waals surface area (Å²) in [6.45, 7) is 1.52. The molecule has 0 radical (unpaired) electrons. The number of hydrogen-bond acceptors (Lipinski definition) is 4. The Morgan fingerprint density at radius 2 is 1.79 bits per heavy atom. The van der Waals surface area contributed by atoms with Crippen LogP contribution in [0, 0.1) is 0 Å². The Hall–Kier alpha value is -3.22. The lowest BCUT2D eigenvalue weighted by Crippen LogP contribution is -2.45. The summed E-state index contributed by atoms with van der Waals surface area (Å²) in [6, 6.07) is 10.4. The molecular weight excluding hydrogens is 364 g/mol. The minimum absolute atomic E-state index is 0.0638. The predicted octanol–water partition coefficient (Wildman–Crippen LogP) is 3.59. The van der Waals surface area contributed by atoms with Crippen LogP contribution in [0.1, 0.15) is 37.4 Å². The molecule has 1 aromatic carbocycles. The highest BCUT2D eigenvalue weighted by Crippen LogP contribution is 2.28. The van der Waals surface area contributed by atoms with E-state index < -0.39 is 0 Å². The molecule has 2 fully saturated rings. The van der Waals surface area contributed by atoms with Crippen LogP contribution in [0.5, 0.6) is 0 Å². The highest BCUT2D eigenvalue weighted by Gasteiger charge is 2.30. The molecule has 0 spiro atoms. The number of H-pyrrole nitrogens is 1. The SMILES string of the molecule is O=C(NC1CC1)N1CCC[C@H](c2ncc(-c3cnc(-c4ccccc4)nc3)[nH]2)C1. The van der Waals surface area contributed by atoms with Gasteiger partial charge in [0.25, 0.3) is 0 Å². The molecular formula is C22H24N6O. The predicted molar refractivity (Wildman–Crippen MR) is 110 cm³/mol. The second-order valence-electron chi connectivity index (χ2n) is 7.85. The lowest BCUT2D eigenvalue weighted by atomic mass is 9.97. The van der Waals surface area contributed by atoms with Crippen LogP contribution in [0.25, 0.3) is 22.6 Å². The van der Waals surface area contributed by atoms with Crippen LogP contribution in [-0.2, 0) is 0 Å². The fourth-order valence-electron chi connectivity index (χ4n) is 3.77. The maximum Gasteiger partial charge on any atom is 0.317 e. The van der Waals surface area contributed by atoms with Crippen LogP contribution in [0.4, 0.5) is 4.79 Å². The molecule has 1 atom stereocenters. The number of carbonyl (C=O) groups excluding carboxylic acids is 1. The number of benzene rings is 1. The van der Waals surface area contributed by atoms with Crippen LogP contribution < -0.4 is 5.32 Å². The average Bonchev–Trinajstić information content (AvgIpc) is 3.46. The van der Waals surface area contributed by atoms with E-state index in [1.807, 2.05) is 53.8 Å². The van der Waals surface area contributed by atoms with Crippen molar-refractivity contribution in [3.63, 3.8) is 0 Å². The molecule has 1 saturated carbocycles. The maximum absolute atomic E-state index is 12.4. The minimum Gasteiger partial charge on any atom is -0.342 e. The second kappa shape index (κ2) is 7.66. The second-order valence-corrected chi connectivity index (χ2v) is 7.85. The van der Waals surface area contributed by atoms with Crippen molar-refractivity contribution < 1.29 is 4.79 Å². The van der Waals surface area contributed by atoms with Gasteiger partial charge in [-0.05, 0) is 25.7 Å². The summed E-state index contributed by atoms with van der Waals surface area (Å²) in [5.41, 5.74) is 2.80. The summed E-state index contributed by atoms with van der Waals surface area (Å²) in [7, 11) is 0. The molecule has 1 aliphatic carbocycles. The van der Waals surface area contributed by atoms with Crippen molar-refractivity contribution in [2.75, 3.05) is 13.1 Å². The van der Waals surface area contributed by atoms with Gasteiger partial charge in [-0.1, -0.05) is 30.3 Å². The van der Waals surface area contributed by atoms with Gasteiger partial charge >= 0.3 is 6.03 Å². The molecule has 0 bridgehead atoms. The number of piperidine rings is 1. The monoisotopic (exact) mass is 388 g/mol.